The van der Waals surface area contributed by atoms with Crippen molar-refractivity contribution in [2.24, 2.45) is 0 Å². The van der Waals surface area contributed by atoms with Crippen LogP contribution in [0.5, 0.6) is 0 Å². The molecule has 1 aliphatic carbocycles. The first-order valence-corrected chi connectivity index (χ1v) is 10.1. The molecular formula is C15H22O3Si. The normalized spacial score (nSPS) is 27.4. The Morgan fingerprint density at radius 2 is 1.89 bits per heavy atom. The second-order valence-corrected chi connectivity index (χ2v) is 11.4. The van der Waals surface area contributed by atoms with E-state index in [4.69, 9.17) is 9.47 Å². The fourth-order valence-corrected chi connectivity index (χ4v) is 4.81. The quantitative estimate of drug-likeness (QED) is 0.727. The molecule has 19 heavy (non-hydrogen) atoms. The molecular weight excluding hydrogens is 256 g/mol. The SMILES string of the molecule is COC1=CC(=O)C=C(C)[C@]12CC([Si](C)(C)C)=C(C)O2. The maximum absolute atomic E-state index is 11.6. The van der Waals surface area contributed by atoms with E-state index in [1.165, 1.54) is 5.20 Å². The van der Waals surface area contributed by atoms with Crippen LogP contribution in [0.15, 0.2) is 34.4 Å². The first-order valence-electron chi connectivity index (χ1n) is 6.59. The zero-order valence-corrected chi connectivity index (χ0v) is 13.6. The predicted octanol–water partition coefficient (Wildman–Crippen LogP) is 3.36. The predicted molar refractivity (Wildman–Crippen MR) is 78.3 cm³/mol. The van der Waals surface area contributed by atoms with Gasteiger partial charge in [-0.2, -0.15) is 0 Å². The Hall–Kier alpha value is -1.29. The van der Waals surface area contributed by atoms with Crippen LogP contribution < -0.4 is 0 Å². The molecule has 1 heterocycles. The van der Waals surface area contributed by atoms with Gasteiger partial charge in [0.2, 0.25) is 0 Å². The van der Waals surface area contributed by atoms with Gasteiger partial charge in [0, 0.05) is 12.5 Å². The van der Waals surface area contributed by atoms with Crippen LogP contribution in [0.25, 0.3) is 0 Å². The highest BCUT2D eigenvalue weighted by molar-refractivity contribution is 6.83. The van der Waals surface area contributed by atoms with Crippen LogP contribution in [0.2, 0.25) is 19.6 Å². The molecule has 1 atom stereocenters. The molecule has 0 amide bonds. The molecule has 0 aromatic heterocycles. The molecule has 1 spiro atoms. The molecule has 0 saturated heterocycles. The molecule has 104 valence electrons. The highest BCUT2D eigenvalue weighted by Gasteiger charge is 2.49. The van der Waals surface area contributed by atoms with Crippen LogP contribution in [-0.4, -0.2) is 26.6 Å². The molecule has 1 aliphatic heterocycles. The van der Waals surface area contributed by atoms with Crippen molar-refractivity contribution in [1.29, 1.82) is 0 Å². The second kappa shape index (κ2) is 4.37. The summed E-state index contributed by atoms with van der Waals surface area (Å²) in [6, 6.07) is 0. The molecule has 0 fully saturated rings. The second-order valence-electron chi connectivity index (χ2n) is 6.33. The molecule has 0 aromatic carbocycles. The number of rotatable bonds is 2. The largest absolute Gasteiger partial charge is 0.496 e. The summed E-state index contributed by atoms with van der Waals surface area (Å²) in [6.45, 7) is 10.9. The van der Waals surface area contributed by atoms with Crippen molar-refractivity contribution in [1.82, 2.24) is 0 Å². The van der Waals surface area contributed by atoms with Gasteiger partial charge in [-0.25, -0.2) is 0 Å². The molecule has 0 unspecified atom stereocenters. The van der Waals surface area contributed by atoms with E-state index in [1.807, 2.05) is 13.8 Å². The number of ketones is 1. The number of carbonyl (C=O) groups excluding carboxylic acids is 1. The van der Waals surface area contributed by atoms with E-state index in [2.05, 4.69) is 19.6 Å². The maximum Gasteiger partial charge on any atom is 0.190 e. The van der Waals surface area contributed by atoms with E-state index >= 15 is 0 Å². The minimum atomic E-state index is -1.43. The molecule has 3 nitrogen and oxygen atoms in total. The van der Waals surface area contributed by atoms with Gasteiger partial charge >= 0.3 is 0 Å². The number of methoxy groups -OCH3 is 1. The number of hydrogen-bond acceptors (Lipinski definition) is 3. The Balaban J connectivity index is 2.45. The van der Waals surface area contributed by atoms with Gasteiger partial charge in [-0.15, -0.1) is 0 Å². The Labute approximate surface area is 116 Å². The topological polar surface area (TPSA) is 35.5 Å². The molecule has 2 aliphatic rings. The average molecular weight is 278 g/mol. The lowest BCUT2D eigenvalue weighted by Gasteiger charge is -2.34. The summed E-state index contributed by atoms with van der Waals surface area (Å²) in [7, 11) is 0.175. The van der Waals surface area contributed by atoms with Crippen molar-refractivity contribution in [3.8, 4) is 0 Å². The molecule has 0 bridgehead atoms. The Kier molecular flexibility index (Phi) is 3.25. The number of hydrogen-bond donors (Lipinski definition) is 0. The van der Waals surface area contributed by atoms with Gasteiger partial charge in [0.05, 0.1) is 20.9 Å². The Bertz CT molecular complexity index is 520. The summed E-state index contributed by atoms with van der Waals surface area (Å²) < 4.78 is 11.6. The molecule has 2 rings (SSSR count). The van der Waals surface area contributed by atoms with Crippen LogP contribution in [0.3, 0.4) is 0 Å². The van der Waals surface area contributed by atoms with Crippen LogP contribution in [0.1, 0.15) is 20.3 Å². The van der Waals surface area contributed by atoms with Gasteiger partial charge < -0.3 is 9.47 Å². The number of allylic oxidation sites excluding steroid dienone is 3. The van der Waals surface area contributed by atoms with E-state index in [9.17, 15) is 4.79 Å². The summed E-state index contributed by atoms with van der Waals surface area (Å²) in [6.07, 6.45) is 4.01. The lowest BCUT2D eigenvalue weighted by Crippen LogP contribution is -2.38. The van der Waals surface area contributed by atoms with Crippen molar-refractivity contribution in [2.45, 2.75) is 45.5 Å². The average Bonchev–Trinajstić information content (AvgIpc) is 2.63. The smallest absolute Gasteiger partial charge is 0.190 e. The summed E-state index contributed by atoms with van der Waals surface area (Å²) in [5.41, 5.74) is 0.354. The highest BCUT2D eigenvalue weighted by Crippen LogP contribution is 2.48. The van der Waals surface area contributed by atoms with Crippen LogP contribution in [0, 0.1) is 0 Å². The molecule has 4 heteroatoms. The molecule has 0 saturated carbocycles. The van der Waals surface area contributed by atoms with E-state index in [1.54, 1.807) is 19.3 Å². The lowest BCUT2D eigenvalue weighted by atomic mass is 9.85. The van der Waals surface area contributed by atoms with Gasteiger partial charge in [0.15, 0.2) is 11.4 Å². The zero-order valence-electron chi connectivity index (χ0n) is 12.6. The van der Waals surface area contributed by atoms with Crippen molar-refractivity contribution in [3.05, 3.63) is 34.4 Å². The van der Waals surface area contributed by atoms with Crippen molar-refractivity contribution >= 4 is 13.9 Å². The molecule has 0 radical (unpaired) electrons. The van der Waals surface area contributed by atoms with E-state index < -0.39 is 13.7 Å². The Morgan fingerprint density at radius 3 is 2.37 bits per heavy atom. The van der Waals surface area contributed by atoms with Gasteiger partial charge in [0.25, 0.3) is 0 Å². The van der Waals surface area contributed by atoms with Crippen LogP contribution >= 0.6 is 0 Å². The van der Waals surface area contributed by atoms with Crippen LogP contribution in [0.4, 0.5) is 0 Å². The van der Waals surface area contributed by atoms with E-state index in [0.29, 0.717) is 5.76 Å². The van der Waals surface area contributed by atoms with Gasteiger partial charge in [-0.05, 0) is 30.7 Å². The minimum absolute atomic E-state index is 0.0253. The minimum Gasteiger partial charge on any atom is -0.496 e. The third-order valence-corrected chi connectivity index (χ3v) is 6.31. The first-order chi connectivity index (χ1) is 8.70. The van der Waals surface area contributed by atoms with Gasteiger partial charge in [-0.1, -0.05) is 19.6 Å². The molecule has 0 N–H and O–H groups in total. The first kappa shape index (κ1) is 14.1. The summed E-state index contributed by atoms with van der Waals surface area (Å²) in [5, 5.41) is 1.41. The standard InChI is InChI=1S/C15H22O3Si/c1-10-7-12(16)8-14(17-3)15(10)9-13(11(2)18-15)19(4,5)6/h7-8H,9H2,1-6H3/t15-/m1/s1. The zero-order chi connectivity index (χ0) is 14.4. The highest BCUT2D eigenvalue weighted by atomic mass is 28.3. The van der Waals surface area contributed by atoms with E-state index in [-0.39, 0.29) is 5.78 Å². The van der Waals surface area contributed by atoms with Gasteiger partial charge in [0.1, 0.15) is 5.76 Å². The fraction of sp³-hybridized carbons (Fsp3) is 0.533. The summed E-state index contributed by atoms with van der Waals surface area (Å²) in [5.74, 6) is 1.61. The van der Waals surface area contributed by atoms with E-state index in [0.717, 1.165) is 17.8 Å². The summed E-state index contributed by atoms with van der Waals surface area (Å²) in [4.78, 5) is 11.6. The summed E-state index contributed by atoms with van der Waals surface area (Å²) >= 11 is 0. The third kappa shape index (κ3) is 2.18. The fourth-order valence-electron chi connectivity index (χ4n) is 2.92. The van der Waals surface area contributed by atoms with Gasteiger partial charge in [-0.3, -0.25) is 4.79 Å². The molecule has 0 aromatic rings. The van der Waals surface area contributed by atoms with Crippen LogP contribution in [-0.2, 0) is 14.3 Å². The number of carbonyl (C=O) groups is 1. The van der Waals surface area contributed by atoms with Crippen molar-refractivity contribution in [2.75, 3.05) is 7.11 Å². The van der Waals surface area contributed by atoms with Crippen molar-refractivity contribution in [3.63, 3.8) is 0 Å². The third-order valence-electron chi connectivity index (χ3n) is 3.97. The number of ether oxygens (including phenoxy) is 2. The Morgan fingerprint density at radius 1 is 1.26 bits per heavy atom. The lowest BCUT2D eigenvalue weighted by molar-refractivity contribution is -0.111. The van der Waals surface area contributed by atoms with Crippen molar-refractivity contribution < 1.29 is 14.3 Å². The monoisotopic (exact) mass is 278 g/mol. The maximum atomic E-state index is 11.6.